The Kier molecular flexibility index (Phi) is 7.04. The minimum Gasteiger partial charge on any atom is -0.388 e. The lowest BCUT2D eigenvalue weighted by Crippen LogP contribution is -2.51. The number of halogens is 3. The quantitative estimate of drug-likeness (QED) is 0.680. The first-order valence-corrected chi connectivity index (χ1v) is 11.4. The summed E-state index contributed by atoms with van der Waals surface area (Å²) in [6.07, 6.45) is -5.29. The van der Waals surface area contributed by atoms with Crippen LogP contribution >= 0.6 is 11.3 Å². The van der Waals surface area contributed by atoms with Crippen LogP contribution in [0.4, 0.5) is 18.9 Å². The number of piperazine rings is 1. The molecule has 3 atom stereocenters. The maximum Gasteiger partial charge on any atom is 0.416 e. The van der Waals surface area contributed by atoms with Crippen molar-refractivity contribution in [2.75, 3.05) is 44.2 Å². The van der Waals surface area contributed by atoms with Gasteiger partial charge < -0.3 is 20.1 Å². The molecule has 0 unspecified atom stereocenters. The van der Waals surface area contributed by atoms with Crippen LogP contribution in [-0.4, -0.2) is 73.5 Å². The summed E-state index contributed by atoms with van der Waals surface area (Å²) in [6.45, 7) is 3.24. The Labute approximate surface area is 188 Å². The summed E-state index contributed by atoms with van der Waals surface area (Å²) in [5.41, 5.74) is -0.0859. The third kappa shape index (κ3) is 5.61. The second-order valence-corrected chi connectivity index (χ2v) is 9.16. The second-order valence-electron chi connectivity index (χ2n) is 8.13. The van der Waals surface area contributed by atoms with Gasteiger partial charge >= 0.3 is 6.18 Å². The lowest BCUT2D eigenvalue weighted by Gasteiger charge is -2.37. The highest BCUT2D eigenvalue weighted by Gasteiger charge is 2.38. The Hall–Kier alpha value is -2.14. The number of ether oxygens (including phenoxy) is 1. The number of hydrogen-bond donors (Lipinski definition) is 2. The van der Waals surface area contributed by atoms with Crippen molar-refractivity contribution in [3.8, 4) is 0 Å². The van der Waals surface area contributed by atoms with Gasteiger partial charge in [0.25, 0.3) is 0 Å². The topological polar surface area (TPSA) is 65.0 Å². The highest BCUT2D eigenvalue weighted by molar-refractivity contribution is 7.10. The van der Waals surface area contributed by atoms with E-state index in [9.17, 15) is 23.1 Å². The third-order valence-corrected chi connectivity index (χ3v) is 6.77. The summed E-state index contributed by atoms with van der Waals surface area (Å²) in [4.78, 5) is 17.2. The molecular weight excluding hydrogens is 443 g/mol. The molecule has 3 heterocycles. The standard InChI is InChI=1S/C22H26F3N3O3S/c23-22(24,25)15-3-1-4-16(11-15)28-8-6-27(7-9-28)13-19-21(30)18(14-31-19)26-20(29)12-17-5-2-10-32-17/h1-5,10-11,18-19,21,30H,6-9,12-14H2,(H,26,29)/t18-,19-,21+/m0/s1. The molecule has 6 nitrogen and oxygen atoms in total. The molecule has 1 aromatic heterocycles. The first-order valence-electron chi connectivity index (χ1n) is 10.6. The lowest BCUT2D eigenvalue weighted by atomic mass is 10.1. The van der Waals surface area contributed by atoms with Gasteiger partial charge in [0.1, 0.15) is 6.10 Å². The Morgan fingerprint density at radius 1 is 1.19 bits per heavy atom. The SMILES string of the molecule is O=C(Cc1cccs1)N[C@H]1CO[C@@H](CN2CCN(c3cccc(C(F)(F)F)c3)CC2)[C@@H]1O. The molecule has 2 saturated heterocycles. The molecule has 174 valence electrons. The number of nitrogens with zero attached hydrogens (tertiary/aromatic N) is 2. The Morgan fingerprint density at radius 2 is 1.97 bits per heavy atom. The molecule has 0 radical (unpaired) electrons. The third-order valence-electron chi connectivity index (χ3n) is 5.89. The van der Waals surface area contributed by atoms with Crippen molar-refractivity contribution in [2.24, 2.45) is 0 Å². The van der Waals surface area contributed by atoms with E-state index in [1.54, 1.807) is 6.07 Å². The number of anilines is 1. The van der Waals surface area contributed by atoms with Crippen molar-refractivity contribution >= 4 is 22.9 Å². The molecule has 0 bridgehead atoms. The number of carbonyl (C=O) groups is 1. The van der Waals surface area contributed by atoms with E-state index in [-0.39, 0.29) is 18.9 Å². The molecule has 32 heavy (non-hydrogen) atoms. The van der Waals surface area contributed by atoms with Crippen LogP contribution in [0.2, 0.25) is 0 Å². The average molecular weight is 470 g/mol. The highest BCUT2D eigenvalue weighted by Crippen LogP contribution is 2.32. The molecule has 2 aliphatic rings. The van der Waals surface area contributed by atoms with E-state index < -0.39 is 30.0 Å². The predicted octanol–water partition coefficient (Wildman–Crippen LogP) is 2.38. The summed E-state index contributed by atoms with van der Waals surface area (Å²) in [5.74, 6) is -0.143. The van der Waals surface area contributed by atoms with Crippen molar-refractivity contribution in [2.45, 2.75) is 30.8 Å². The molecule has 0 aliphatic carbocycles. The number of aliphatic hydroxyl groups excluding tert-OH is 1. The van der Waals surface area contributed by atoms with Crippen molar-refractivity contribution in [3.05, 3.63) is 52.2 Å². The van der Waals surface area contributed by atoms with E-state index in [1.165, 1.54) is 23.5 Å². The number of carbonyl (C=O) groups excluding carboxylic acids is 1. The molecule has 2 aliphatic heterocycles. The van der Waals surface area contributed by atoms with Crippen LogP contribution < -0.4 is 10.2 Å². The number of hydrogen-bond acceptors (Lipinski definition) is 6. The van der Waals surface area contributed by atoms with Gasteiger partial charge in [-0.25, -0.2) is 0 Å². The maximum absolute atomic E-state index is 13.0. The largest absolute Gasteiger partial charge is 0.416 e. The molecule has 0 saturated carbocycles. The average Bonchev–Trinajstić information content (AvgIpc) is 3.39. The molecule has 4 rings (SSSR count). The minimum absolute atomic E-state index is 0.143. The van der Waals surface area contributed by atoms with Crippen LogP contribution in [0, 0.1) is 0 Å². The second kappa shape index (κ2) is 9.78. The fraction of sp³-hybridized carbons (Fsp3) is 0.500. The Bertz CT molecular complexity index is 901. The first kappa shape index (κ1) is 23.0. The van der Waals surface area contributed by atoms with E-state index in [2.05, 4.69) is 10.2 Å². The van der Waals surface area contributed by atoms with Gasteiger partial charge in [-0.3, -0.25) is 9.69 Å². The maximum atomic E-state index is 13.0. The number of aliphatic hydroxyl groups is 1. The smallest absolute Gasteiger partial charge is 0.388 e. The van der Waals surface area contributed by atoms with Gasteiger partial charge in [-0.15, -0.1) is 11.3 Å². The van der Waals surface area contributed by atoms with Crippen LogP contribution in [0.3, 0.4) is 0 Å². The number of benzene rings is 1. The summed E-state index contributed by atoms with van der Waals surface area (Å²) >= 11 is 1.51. The van der Waals surface area contributed by atoms with Crippen molar-refractivity contribution < 1.29 is 27.8 Å². The molecular formula is C22H26F3N3O3S. The molecule has 1 aromatic carbocycles. The van der Waals surface area contributed by atoms with Gasteiger partial charge in [-0.05, 0) is 29.6 Å². The van der Waals surface area contributed by atoms with Gasteiger partial charge in [0, 0.05) is 43.3 Å². The van der Waals surface area contributed by atoms with Gasteiger partial charge in [0.05, 0.1) is 30.7 Å². The lowest BCUT2D eigenvalue weighted by molar-refractivity contribution is -0.137. The Morgan fingerprint density at radius 3 is 2.66 bits per heavy atom. The number of amides is 1. The van der Waals surface area contributed by atoms with Crippen molar-refractivity contribution in [1.82, 2.24) is 10.2 Å². The van der Waals surface area contributed by atoms with E-state index in [4.69, 9.17) is 4.74 Å². The zero-order chi connectivity index (χ0) is 22.7. The van der Waals surface area contributed by atoms with E-state index in [0.29, 0.717) is 38.4 Å². The molecule has 2 fully saturated rings. The number of alkyl halides is 3. The predicted molar refractivity (Wildman–Crippen MR) is 116 cm³/mol. The van der Waals surface area contributed by atoms with Crippen LogP contribution in [0.25, 0.3) is 0 Å². The molecule has 2 aromatic rings. The molecule has 0 spiro atoms. The number of thiophene rings is 1. The number of rotatable bonds is 6. The summed E-state index contributed by atoms with van der Waals surface area (Å²) in [5, 5.41) is 15.4. The van der Waals surface area contributed by atoms with Crippen molar-refractivity contribution in [1.29, 1.82) is 0 Å². The van der Waals surface area contributed by atoms with E-state index >= 15 is 0 Å². The minimum atomic E-state index is -4.36. The summed E-state index contributed by atoms with van der Waals surface area (Å²) < 4.78 is 44.7. The zero-order valence-electron chi connectivity index (χ0n) is 17.4. The van der Waals surface area contributed by atoms with Crippen molar-refractivity contribution in [3.63, 3.8) is 0 Å². The van der Waals surface area contributed by atoms with E-state index in [0.717, 1.165) is 10.9 Å². The van der Waals surface area contributed by atoms with E-state index in [1.807, 2.05) is 22.4 Å². The van der Waals surface area contributed by atoms with Crippen LogP contribution in [0.15, 0.2) is 41.8 Å². The van der Waals surface area contributed by atoms with Gasteiger partial charge in [-0.2, -0.15) is 13.2 Å². The fourth-order valence-corrected chi connectivity index (χ4v) is 4.83. The monoisotopic (exact) mass is 469 g/mol. The summed E-state index contributed by atoms with van der Waals surface area (Å²) in [6, 6.07) is 8.73. The Balaban J connectivity index is 1.24. The normalized spacial score (nSPS) is 24.6. The zero-order valence-corrected chi connectivity index (χ0v) is 18.2. The molecule has 10 heteroatoms. The van der Waals surface area contributed by atoms with Gasteiger partial charge in [0.15, 0.2) is 0 Å². The fourth-order valence-electron chi connectivity index (χ4n) is 4.12. The van der Waals surface area contributed by atoms with Crippen LogP contribution in [-0.2, 0) is 22.1 Å². The van der Waals surface area contributed by atoms with Gasteiger partial charge in [0.2, 0.25) is 5.91 Å². The first-order chi connectivity index (χ1) is 15.3. The number of nitrogens with one attached hydrogen (secondary N) is 1. The van der Waals surface area contributed by atoms with Crippen LogP contribution in [0.5, 0.6) is 0 Å². The van der Waals surface area contributed by atoms with Crippen LogP contribution in [0.1, 0.15) is 10.4 Å². The molecule has 1 amide bonds. The molecule has 2 N–H and O–H groups in total. The van der Waals surface area contributed by atoms with Gasteiger partial charge in [-0.1, -0.05) is 12.1 Å². The summed E-state index contributed by atoms with van der Waals surface area (Å²) in [7, 11) is 0. The highest BCUT2D eigenvalue weighted by atomic mass is 32.1.